The number of hydrogen-bond acceptors (Lipinski definition) is 6. The second kappa shape index (κ2) is 8.81. The third kappa shape index (κ3) is 5.15. The Bertz CT molecular complexity index is 874. The second-order valence-corrected chi connectivity index (χ2v) is 9.73. The molecule has 0 bridgehead atoms. The molecule has 1 saturated heterocycles. The fourth-order valence-corrected chi connectivity index (χ4v) is 5.03. The van der Waals surface area contributed by atoms with Crippen LogP contribution in [0.4, 0.5) is 0 Å². The van der Waals surface area contributed by atoms with Gasteiger partial charge in [-0.2, -0.15) is 0 Å². The number of rotatable bonds is 6. The van der Waals surface area contributed by atoms with E-state index in [9.17, 15) is 13.2 Å². The molecule has 160 valence electrons. The molecule has 3 rings (SSSR count). The molecule has 1 fully saturated rings. The normalized spacial score (nSPS) is 26.2. The Labute approximate surface area is 172 Å². The van der Waals surface area contributed by atoms with Gasteiger partial charge in [0.05, 0.1) is 17.1 Å². The Balaban J connectivity index is 1.66. The van der Waals surface area contributed by atoms with Crippen molar-refractivity contribution in [1.29, 1.82) is 0 Å². The number of carbonyl (C=O) groups is 1. The number of benzene rings is 1. The topological polar surface area (TPSA) is 100 Å². The lowest BCUT2D eigenvalue weighted by atomic mass is 10.0. The van der Waals surface area contributed by atoms with Crippen molar-refractivity contribution >= 4 is 21.8 Å². The van der Waals surface area contributed by atoms with E-state index in [-0.39, 0.29) is 34.8 Å². The maximum atomic E-state index is 12.8. The monoisotopic (exact) mass is 422 g/mol. The average molecular weight is 423 g/mol. The third-order valence-electron chi connectivity index (χ3n) is 5.05. The maximum Gasteiger partial charge on any atom is 0.263 e. The molecule has 9 heteroatoms. The van der Waals surface area contributed by atoms with Crippen LogP contribution in [-0.4, -0.2) is 69.5 Å². The number of carbonyl (C=O) groups excluding carboxylic acids is 1. The first-order valence-electron chi connectivity index (χ1n) is 10.0. The van der Waals surface area contributed by atoms with Gasteiger partial charge in [0.2, 0.25) is 5.91 Å². The summed E-state index contributed by atoms with van der Waals surface area (Å²) in [5.41, 5.74) is 0.502. The fraction of sp³-hybridized carbons (Fsp3) is 0.600. The number of ether oxygens (including phenoxy) is 1. The van der Waals surface area contributed by atoms with Gasteiger partial charge < -0.3 is 10.1 Å². The second-order valence-electron chi connectivity index (χ2n) is 8.08. The van der Waals surface area contributed by atoms with E-state index in [4.69, 9.17) is 4.74 Å². The van der Waals surface area contributed by atoms with E-state index in [2.05, 4.69) is 19.9 Å². The maximum absolute atomic E-state index is 12.8. The molecule has 3 atom stereocenters. The number of fused-ring (bicyclic) bond motifs is 1. The van der Waals surface area contributed by atoms with Gasteiger partial charge >= 0.3 is 0 Å². The first-order chi connectivity index (χ1) is 13.7. The molecule has 2 aliphatic rings. The number of sulfonamides is 1. The van der Waals surface area contributed by atoms with Gasteiger partial charge in [0, 0.05) is 31.7 Å². The zero-order valence-corrected chi connectivity index (χ0v) is 18.2. The summed E-state index contributed by atoms with van der Waals surface area (Å²) < 4.78 is 32.8. The molecule has 8 nitrogen and oxygen atoms in total. The number of hydrogen-bond donors (Lipinski definition) is 2. The van der Waals surface area contributed by atoms with Gasteiger partial charge in [-0.1, -0.05) is 26.0 Å². The summed E-state index contributed by atoms with van der Waals surface area (Å²) >= 11 is 0. The van der Waals surface area contributed by atoms with E-state index in [0.717, 1.165) is 19.6 Å². The molecule has 0 saturated carbocycles. The number of nitrogens with one attached hydrogen (secondary N) is 2. The molecule has 2 N–H and O–H groups in total. The van der Waals surface area contributed by atoms with Gasteiger partial charge in [-0.15, -0.1) is 0 Å². The molecular weight excluding hydrogens is 392 g/mol. The average Bonchev–Trinajstić information content (AvgIpc) is 2.89. The first-order valence-corrected chi connectivity index (χ1v) is 11.5. The molecule has 0 aliphatic carbocycles. The minimum atomic E-state index is -3.62. The van der Waals surface area contributed by atoms with Crippen molar-refractivity contribution in [2.45, 2.75) is 50.8 Å². The molecule has 0 spiro atoms. The zero-order valence-electron chi connectivity index (χ0n) is 17.4. The SMILES string of the molecule is CC1CN(CCNC(=O)[C@@H](N=C2NS(=O)(=O)c3ccccc32)C(C)C)CC(C)O1. The molecule has 1 aromatic carbocycles. The highest BCUT2D eigenvalue weighted by molar-refractivity contribution is 7.90. The van der Waals surface area contributed by atoms with Crippen molar-refractivity contribution in [1.82, 2.24) is 14.9 Å². The summed E-state index contributed by atoms with van der Waals surface area (Å²) in [6, 6.07) is 5.98. The van der Waals surface area contributed by atoms with Crippen molar-refractivity contribution in [2.75, 3.05) is 26.2 Å². The Kier molecular flexibility index (Phi) is 6.60. The molecule has 2 heterocycles. The summed E-state index contributed by atoms with van der Waals surface area (Å²) in [4.78, 5) is 19.7. The molecule has 0 aromatic heterocycles. The zero-order chi connectivity index (χ0) is 21.2. The number of aliphatic imine (C=N–C) groups is 1. The van der Waals surface area contributed by atoms with Gasteiger partial charge in [-0.3, -0.25) is 19.4 Å². The molecule has 1 amide bonds. The van der Waals surface area contributed by atoms with Gasteiger partial charge in [0.1, 0.15) is 11.9 Å². The smallest absolute Gasteiger partial charge is 0.263 e. The predicted octanol–water partition coefficient (Wildman–Crippen LogP) is 0.975. The Morgan fingerprint density at radius 2 is 1.93 bits per heavy atom. The summed E-state index contributed by atoms with van der Waals surface area (Å²) in [7, 11) is -3.62. The van der Waals surface area contributed by atoms with Gasteiger partial charge in [-0.05, 0) is 31.9 Å². The number of morpholine rings is 1. The first kappa shape index (κ1) is 21.7. The van der Waals surface area contributed by atoms with E-state index in [1.807, 2.05) is 27.7 Å². The quantitative estimate of drug-likeness (QED) is 0.712. The fourth-order valence-electron chi connectivity index (χ4n) is 3.79. The van der Waals surface area contributed by atoms with Crippen LogP contribution in [0.1, 0.15) is 33.3 Å². The van der Waals surface area contributed by atoms with E-state index < -0.39 is 16.1 Å². The highest BCUT2D eigenvalue weighted by Gasteiger charge is 2.32. The van der Waals surface area contributed by atoms with Gasteiger partial charge in [-0.25, -0.2) is 8.42 Å². The number of nitrogens with zero attached hydrogens (tertiary/aromatic N) is 2. The molecular formula is C20H30N4O4S. The number of amides is 1. The number of amidine groups is 1. The highest BCUT2D eigenvalue weighted by Crippen LogP contribution is 2.23. The Morgan fingerprint density at radius 1 is 1.28 bits per heavy atom. The van der Waals surface area contributed by atoms with Crippen molar-refractivity contribution in [2.24, 2.45) is 10.9 Å². The summed E-state index contributed by atoms with van der Waals surface area (Å²) in [5, 5.41) is 2.95. The van der Waals surface area contributed by atoms with Gasteiger partial charge in [0.25, 0.3) is 10.0 Å². The molecule has 1 aromatic rings. The standard InChI is InChI=1S/C20H30N4O4S/c1-13(2)18(20(25)21-9-10-24-11-14(3)28-15(4)12-24)22-19-16-7-5-6-8-17(16)29(26,27)23-19/h5-8,13-15,18H,9-12H2,1-4H3,(H,21,25)(H,22,23)/t14?,15?,18-/m0/s1. The molecule has 2 aliphatic heterocycles. The lowest BCUT2D eigenvalue weighted by Gasteiger charge is -2.35. The van der Waals surface area contributed by atoms with Crippen LogP contribution in [0.15, 0.2) is 34.2 Å². The van der Waals surface area contributed by atoms with Crippen LogP contribution in [0.2, 0.25) is 0 Å². The van der Waals surface area contributed by atoms with E-state index >= 15 is 0 Å². The summed E-state index contributed by atoms with van der Waals surface area (Å²) in [6.07, 6.45) is 0.361. The summed E-state index contributed by atoms with van der Waals surface area (Å²) in [6.45, 7) is 10.8. The largest absolute Gasteiger partial charge is 0.373 e. The van der Waals surface area contributed by atoms with Crippen molar-refractivity contribution < 1.29 is 17.9 Å². The van der Waals surface area contributed by atoms with Crippen molar-refractivity contribution in [3.05, 3.63) is 29.8 Å². The van der Waals surface area contributed by atoms with Crippen molar-refractivity contribution in [3.8, 4) is 0 Å². The minimum absolute atomic E-state index is 0.0804. The highest BCUT2D eigenvalue weighted by atomic mass is 32.2. The molecule has 0 radical (unpaired) electrons. The van der Waals surface area contributed by atoms with Crippen molar-refractivity contribution in [3.63, 3.8) is 0 Å². The summed E-state index contributed by atoms with van der Waals surface area (Å²) in [5.74, 6) is -0.0566. The van der Waals surface area contributed by atoms with Crippen LogP contribution >= 0.6 is 0 Å². The van der Waals surface area contributed by atoms with Crippen LogP contribution in [-0.2, 0) is 19.6 Å². The van der Waals surface area contributed by atoms with E-state index in [1.165, 1.54) is 6.07 Å². The third-order valence-corrected chi connectivity index (χ3v) is 6.45. The predicted molar refractivity (Wildman–Crippen MR) is 111 cm³/mol. The molecule has 29 heavy (non-hydrogen) atoms. The van der Waals surface area contributed by atoms with Gasteiger partial charge in [0.15, 0.2) is 0 Å². The Hall–Kier alpha value is -1.97. The lowest BCUT2D eigenvalue weighted by Crippen LogP contribution is -2.48. The van der Waals surface area contributed by atoms with E-state index in [0.29, 0.717) is 12.1 Å². The lowest BCUT2D eigenvalue weighted by molar-refractivity contribution is -0.123. The minimum Gasteiger partial charge on any atom is -0.373 e. The van der Waals surface area contributed by atoms with Crippen LogP contribution < -0.4 is 10.0 Å². The van der Waals surface area contributed by atoms with Crippen LogP contribution in [0.25, 0.3) is 0 Å². The van der Waals surface area contributed by atoms with Crippen LogP contribution in [0, 0.1) is 5.92 Å². The van der Waals surface area contributed by atoms with Crippen LogP contribution in [0.5, 0.6) is 0 Å². The van der Waals surface area contributed by atoms with E-state index in [1.54, 1.807) is 18.2 Å². The Morgan fingerprint density at radius 3 is 2.59 bits per heavy atom. The van der Waals surface area contributed by atoms with Crippen LogP contribution in [0.3, 0.4) is 0 Å². The molecule has 2 unspecified atom stereocenters.